The Hall–Kier alpha value is -1.80. The Morgan fingerprint density at radius 3 is 2.11 bits per heavy atom. The average molecular weight is 255 g/mol. The zero-order chi connectivity index (χ0) is 13.8. The molecule has 0 fully saturated rings. The highest BCUT2D eigenvalue weighted by Gasteiger charge is 2.01. The topological polar surface area (TPSA) is 35.2 Å². The highest BCUT2D eigenvalue weighted by Crippen LogP contribution is 2.18. The van der Waals surface area contributed by atoms with E-state index in [-0.39, 0.29) is 6.04 Å². The SMILES string of the molecule is Cc1cc(C)cc(COc2ccc([C@H](C)N)cc2)c1. The molecule has 2 rings (SSSR count). The number of hydrogen-bond acceptors (Lipinski definition) is 2. The summed E-state index contributed by atoms with van der Waals surface area (Å²) >= 11 is 0. The Bertz CT molecular complexity index is 523. The lowest BCUT2D eigenvalue weighted by atomic mass is 10.1. The van der Waals surface area contributed by atoms with Gasteiger partial charge in [-0.05, 0) is 44.0 Å². The van der Waals surface area contributed by atoms with Crippen LogP contribution in [0.3, 0.4) is 0 Å². The second kappa shape index (κ2) is 5.89. The van der Waals surface area contributed by atoms with E-state index in [2.05, 4.69) is 32.0 Å². The van der Waals surface area contributed by atoms with Crippen molar-refractivity contribution >= 4 is 0 Å². The monoisotopic (exact) mass is 255 g/mol. The molecule has 0 saturated heterocycles. The molecule has 2 nitrogen and oxygen atoms in total. The van der Waals surface area contributed by atoms with Crippen LogP contribution in [0.25, 0.3) is 0 Å². The first-order valence-corrected chi connectivity index (χ1v) is 6.60. The highest BCUT2D eigenvalue weighted by atomic mass is 16.5. The summed E-state index contributed by atoms with van der Waals surface area (Å²) in [5.74, 6) is 0.878. The molecule has 0 amide bonds. The molecule has 0 aliphatic rings. The van der Waals surface area contributed by atoms with E-state index in [1.807, 2.05) is 31.2 Å². The molecule has 2 N–H and O–H groups in total. The molecule has 2 aromatic rings. The van der Waals surface area contributed by atoms with Crippen molar-refractivity contribution in [2.24, 2.45) is 5.73 Å². The fourth-order valence-electron chi connectivity index (χ4n) is 2.19. The lowest BCUT2D eigenvalue weighted by Gasteiger charge is -2.10. The Morgan fingerprint density at radius 2 is 1.58 bits per heavy atom. The van der Waals surface area contributed by atoms with Crippen LogP contribution in [0.1, 0.15) is 35.2 Å². The first kappa shape index (κ1) is 13.6. The van der Waals surface area contributed by atoms with Crippen molar-refractivity contribution in [2.45, 2.75) is 33.4 Å². The van der Waals surface area contributed by atoms with Crippen LogP contribution < -0.4 is 10.5 Å². The van der Waals surface area contributed by atoms with E-state index in [4.69, 9.17) is 10.5 Å². The van der Waals surface area contributed by atoms with Crippen molar-refractivity contribution in [3.63, 3.8) is 0 Å². The van der Waals surface area contributed by atoms with Crippen LogP contribution in [-0.4, -0.2) is 0 Å². The van der Waals surface area contributed by atoms with Gasteiger partial charge in [-0.1, -0.05) is 41.5 Å². The summed E-state index contributed by atoms with van der Waals surface area (Å²) in [5, 5.41) is 0. The molecule has 0 aromatic heterocycles. The Labute approximate surface area is 115 Å². The number of aryl methyl sites for hydroxylation is 2. The molecular formula is C17H21NO. The maximum absolute atomic E-state index is 5.82. The summed E-state index contributed by atoms with van der Waals surface area (Å²) in [6.07, 6.45) is 0. The van der Waals surface area contributed by atoms with Gasteiger partial charge < -0.3 is 10.5 Å². The van der Waals surface area contributed by atoms with Gasteiger partial charge in [0.1, 0.15) is 12.4 Å². The Balaban J connectivity index is 2.02. The minimum atomic E-state index is 0.0634. The second-order valence-corrected chi connectivity index (χ2v) is 5.14. The summed E-state index contributed by atoms with van der Waals surface area (Å²) < 4.78 is 5.80. The molecular weight excluding hydrogens is 234 g/mol. The third-order valence-corrected chi connectivity index (χ3v) is 3.09. The standard InChI is InChI=1S/C17H21NO/c1-12-8-13(2)10-15(9-12)11-19-17-6-4-16(5-7-17)14(3)18/h4-10,14H,11,18H2,1-3H3/t14-/m0/s1. The van der Waals surface area contributed by atoms with Gasteiger partial charge in [-0.2, -0.15) is 0 Å². The summed E-state index contributed by atoms with van der Waals surface area (Å²) in [5.41, 5.74) is 10.7. The van der Waals surface area contributed by atoms with Gasteiger partial charge in [-0.3, -0.25) is 0 Å². The smallest absolute Gasteiger partial charge is 0.119 e. The van der Waals surface area contributed by atoms with Gasteiger partial charge in [0.2, 0.25) is 0 Å². The van der Waals surface area contributed by atoms with Gasteiger partial charge in [-0.25, -0.2) is 0 Å². The zero-order valence-corrected chi connectivity index (χ0v) is 11.8. The van der Waals surface area contributed by atoms with Crippen molar-refractivity contribution in [2.75, 3.05) is 0 Å². The lowest BCUT2D eigenvalue weighted by Crippen LogP contribution is -2.04. The van der Waals surface area contributed by atoms with Crippen LogP contribution in [-0.2, 0) is 6.61 Å². The third-order valence-electron chi connectivity index (χ3n) is 3.09. The molecule has 0 unspecified atom stereocenters. The predicted octanol–water partition coefficient (Wildman–Crippen LogP) is 3.90. The largest absolute Gasteiger partial charge is 0.489 e. The maximum atomic E-state index is 5.82. The van der Waals surface area contributed by atoms with Gasteiger partial charge in [0.05, 0.1) is 0 Å². The van der Waals surface area contributed by atoms with Gasteiger partial charge >= 0.3 is 0 Å². The van der Waals surface area contributed by atoms with E-state index >= 15 is 0 Å². The Morgan fingerprint density at radius 1 is 1.00 bits per heavy atom. The first-order chi connectivity index (χ1) is 9.04. The number of benzene rings is 2. The number of ether oxygens (including phenoxy) is 1. The minimum Gasteiger partial charge on any atom is -0.489 e. The van der Waals surface area contributed by atoms with Gasteiger partial charge in [-0.15, -0.1) is 0 Å². The van der Waals surface area contributed by atoms with Crippen LogP contribution in [0.4, 0.5) is 0 Å². The van der Waals surface area contributed by atoms with Crippen molar-refractivity contribution in [1.29, 1.82) is 0 Å². The van der Waals surface area contributed by atoms with E-state index in [0.717, 1.165) is 11.3 Å². The minimum absolute atomic E-state index is 0.0634. The van der Waals surface area contributed by atoms with Crippen LogP contribution >= 0.6 is 0 Å². The molecule has 0 bridgehead atoms. The van der Waals surface area contributed by atoms with Crippen LogP contribution in [0.2, 0.25) is 0 Å². The molecule has 19 heavy (non-hydrogen) atoms. The van der Waals surface area contributed by atoms with Crippen molar-refractivity contribution in [3.05, 3.63) is 64.7 Å². The average Bonchev–Trinajstić information content (AvgIpc) is 2.36. The molecule has 100 valence electrons. The summed E-state index contributed by atoms with van der Waals surface area (Å²) in [6.45, 7) is 6.79. The quantitative estimate of drug-likeness (QED) is 0.899. The summed E-state index contributed by atoms with van der Waals surface area (Å²) in [6, 6.07) is 14.5. The molecule has 0 saturated carbocycles. The van der Waals surface area contributed by atoms with E-state index in [9.17, 15) is 0 Å². The fraction of sp³-hybridized carbons (Fsp3) is 0.294. The second-order valence-electron chi connectivity index (χ2n) is 5.14. The molecule has 0 aliphatic carbocycles. The van der Waals surface area contributed by atoms with Crippen molar-refractivity contribution < 1.29 is 4.74 Å². The maximum Gasteiger partial charge on any atom is 0.119 e. The molecule has 0 spiro atoms. The normalized spacial score (nSPS) is 12.2. The highest BCUT2D eigenvalue weighted by molar-refractivity contribution is 5.31. The lowest BCUT2D eigenvalue weighted by molar-refractivity contribution is 0.306. The van der Waals surface area contributed by atoms with Gasteiger partial charge in [0.25, 0.3) is 0 Å². The van der Waals surface area contributed by atoms with Crippen molar-refractivity contribution in [3.8, 4) is 5.75 Å². The molecule has 0 radical (unpaired) electrons. The molecule has 1 atom stereocenters. The van der Waals surface area contributed by atoms with E-state index < -0.39 is 0 Å². The third kappa shape index (κ3) is 3.83. The molecule has 0 aliphatic heterocycles. The first-order valence-electron chi connectivity index (χ1n) is 6.60. The van der Waals surface area contributed by atoms with E-state index in [1.54, 1.807) is 0 Å². The fourth-order valence-corrected chi connectivity index (χ4v) is 2.19. The predicted molar refractivity (Wildman–Crippen MR) is 79.3 cm³/mol. The summed E-state index contributed by atoms with van der Waals surface area (Å²) in [4.78, 5) is 0. The van der Waals surface area contributed by atoms with Crippen LogP contribution in [0.5, 0.6) is 5.75 Å². The van der Waals surface area contributed by atoms with Crippen LogP contribution in [0, 0.1) is 13.8 Å². The van der Waals surface area contributed by atoms with Gasteiger partial charge in [0.15, 0.2) is 0 Å². The number of nitrogens with two attached hydrogens (primary N) is 1. The van der Waals surface area contributed by atoms with E-state index in [0.29, 0.717) is 6.61 Å². The summed E-state index contributed by atoms with van der Waals surface area (Å²) in [7, 11) is 0. The molecule has 2 aromatic carbocycles. The number of rotatable bonds is 4. The van der Waals surface area contributed by atoms with Crippen molar-refractivity contribution in [1.82, 2.24) is 0 Å². The van der Waals surface area contributed by atoms with Crippen LogP contribution in [0.15, 0.2) is 42.5 Å². The molecule has 0 heterocycles. The van der Waals surface area contributed by atoms with Gasteiger partial charge in [0, 0.05) is 6.04 Å². The molecule has 2 heteroatoms. The number of hydrogen-bond donors (Lipinski definition) is 1. The zero-order valence-electron chi connectivity index (χ0n) is 11.8. The Kier molecular flexibility index (Phi) is 4.23. The van der Waals surface area contributed by atoms with E-state index in [1.165, 1.54) is 16.7 Å².